The summed E-state index contributed by atoms with van der Waals surface area (Å²) in [4.78, 5) is 24.3. The largest absolute Gasteiger partial charge is 0.494 e. The summed E-state index contributed by atoms with van der Waals surface area (Å²) in [5.41, 5.74) is 3.54. The number of Topliss-reactive ketones (excluding diaryl/α,β-unsaturated/α-hetero) is 1. The fourth-order valence-electron chi connectivity index (χ4n) is 3.22. The maximum atomic E-state index is 12.4. The van der Waals surface area contributed by atoms with Gasteiger partial charge in [-0.3, -0.25) is 4.79 Å². The summed E-state index contributed by atoms with van der Waals surface area (Å²) >= 11 is 0. The van der Waals surface area contributed by atoms with Crippen LogP contribution >= 0.6 is 0 Å². The van der Waals surface area contributed by atoms with E-state index in [4.69, 9.17) is 9.47 Å². The third kappa shape index (κ3) is 4.67. The van der Waals surface area contributed by atoms with Crippen molar-refractivity contribution in [3.8, 4) is 5.75 Å². The lowest BCUT2D eigenvalue weighted by atomic mass is 10.1. The fraction of sp³-hybridized carbons (Fsp3) is 0.364. The van der Waals surface area contributed by atoms with Gasteiger partial charge >= 0.3 is 5.97 Å². The number of esters is 1. The molecule has 1 aromatic carbocycles. The van der Waals surface area contributed by atoms with Crippen molar-refractivity contribution in [1.82, 2.24) is 4.57 Å². The highest BCUT2D eigenvalue weighted by Gasteiger charge is 2.28. The zero-order chi connectivity index (χ0) is 19.4. The molecule has 1 aromatic heterocycles. The van der Waals surface area contributed by atoms with E-state index < -0.39 is 5.97 Å². The summed E-state index contributed by atoms with van der Waals surface area (Å²) in [7, 11) is 0. The Hall–Kier alpha value is -2.82. The second-order valence-electron chi connectivity index (χ2n) is 6.75. The SMILES string of the molecule is CCOc1ccc(/C=C/C(=O)OCC(=O)c2cc(C)n(C3CC3)c2C)cc1. The average Bonchev–Trinajstić information content (AvgIpc) is 3.44. The van der Waals surface area contributed by atoms with Crippen LogP contribution in [0.2, 0.25) is 0 Å². The molecular formula is C22H25NO4. The van der Waals surface area contributed by atoms with Gasteiger partial charge < -0.3 is 14.0 Å². The number of carbonyl (C=O) groups excluding carboxylic acids is 2. The van der Waals surface area contributed by atoms with Crippen LogP contribution in [0.15, 0.2) is 36.4 Å². The van der Waals surface area contributed by atoms with E-state index >= 15 is 0 Å². The minimum Gasteiger partial charge on any atom is -0.494 e. The Labute approximate surface area is 159 Å². The molecule has 5 heteroatoms. The van der Waals surface area contributed by atoms with Gasteiger partial charge in [0.25, 0.3) is 0 Å². The van der Waals surface area contributed by atoms with Gasteiger partial charge in [0.15, 0.2) is 6.61 Å². The molecule has 0 atom stereocenters. The summed E-state index contributed by atoms with van der Waals surface area (Å²) in [6.07, 6.45) is 5.31. The number of aryl methyl sites for hydroxylation is 1. The van der Waals surface area contributed by atoms with Gasteiger partial charge in [-0.25, -0.2) is 4.79 Å². The van der Waals surface area contributed by atoms with E-state index in [-0.39, 0.29) is 12.4 Å². The van der Waals surface area contributed by atoms with Crippen LogP contribution in [0.3, 0.4) is 0 Å². The van der Waals surface area contributed by atoms with E-state index in [9.17, 15) is 9.59 Å². The molecule has 0 amide bonds. The van der Waals surface area contributed by atoms with Crippen molar-refractivity contribution in [3.63, 3.8) is 0 Å². The first-order valence-corrected chi connectivity index (χ1v) is 9.29. The Morgan fingerprint density at radius 1 is 1.19 bits per heavy atom. The summed E-state index contributed by atoms with van der Waals surface area (Å²) < 4.78 is 12.7. The van der Waals surface area contributed by atoms with E-state index in [2.05, 4.69) is 4.57 Å². The quantitative estimate of drug-likeness (QED) is 0.397. The van der Waals surface area contributed by atoms with Crippen molar-refractivity contribution in [2.24, 2.45) is 0 Å². The van der Waals surface area contributed by atoms with Crippen molar-refractivity contribution in [1.29, 1.82) is 0 Å². The van der Waals surface area contributed by atoms with Gasteiger partial charge in [0.2, 0.25) is 5.78 Å². The molecule has 0 spiro atoms. The molecule has 1 aliphatic carbocycles. The molecule has 1 aliphatic rings. The first-order valence-electron chi connectivity index (χ1n) is 9.29. The summed E-state index contributed by atoms with van der Waals surface area (Å²) in [5, 5.41) is 0. The standard InChI is InChI=1S/C22H25NO4/c1-4-26-19-10-5-17(6-11-19)7-12-22(25)27-14-21(24)20-13-15(2)23(16(20)3)18-8-9-18/h5-7,10-13,18H,4,8-9,14H2,1-3H3/b12-7+. The smallest absolute Gasteiger partial charge is 0.331 e. The second-order valence-corrected chi connectivity index (χ2v) is 6.75. The molecule has 27 heavy (non-hydrogen) atoms. The molecule has 0 N–H and O–H groups in total. The number of ketones is 1. The lowest BCUT2D eigenvalue weighted by Gasteiger charge is -2.07. The van der Waals surface area contributed by atoms with E-state index in [1.165, 1.54) is 6.08 Å². The number of carbonyl (C=O) groups is 2. The first kappa shape index (κ1) is 19.0. The zero-order valence-corrected chi connectivity index (χ0v) is 16.0. The minimum atomic E-state index is -0.534. The first-order chi connectivity index (χ1) is 13.0. The zero-order valence-electron chi connectivity index (χ0n) is 16.0. The number of rotatable bonds is 8. The van der Waals surface area contributed by atoms with Crippen LogP contribution in [0.4, 0.5) is 0 Å². The molecule has 3 rings (SSSR count). The molecule has 2 aromatic rings. The summed E-state index contributed by atoms with van der Waals surface area (Å²) in [5.74, 6) is 0.0812. The number of benzene rings is 1. The number of nitrogens with zero attached hydrogens (tertiary/aromatic N) is 1. The Balaban J connectivity index is 1.54. The van der Waals surface area contributed by atoms with Crippen LogP contribution in [0.1, 0.15) is 53.1 Å². The molecule has 0 aliphatic heterocycles. The lowest BCUT2D eigenvalue weighted by Crippen LogP contribution is -2.13. The van der Waals surface area contributed by atoms with Gasteiger partial charge in [-0.1, -0.05) is 12.1 Å². The van der Waals surface area contributed by atoms with Gasteiger partial charge in [0.05, 0.1) is 6.61 Å². The van der Waals surface area contributed by atoms with Crippen LogP contribution in [0, 0.1) is 13.8 Å². The topological polar surface area (TPSA) is 57.5 Å². The van der Waals surface area contributed by atoms with Gasteiger partial charge in [-0.05, 0) is 63.5 Å². The molecule has 1 fully saturated rings. The summed E-state index contributed by atoms with van der Waals surface area (Å²) in [6.45, 7) is 6.24. The lowest BCUT2D eigenvalue weighted by molar-refractivity contribution is -0.136. The maximum absolute atomic E-state index is 12.4. The molecule has 142 valence electrons. The van der Waals surface area contributed by atoms with Crippen molar-refractivity contribution >= 4 is 17.8 Å². The number of hydrogen-bond donors (Lipinski definition) is 0. The normalized spacial score (nSPS) is 13.7. The predicted molar refractivity (Wildman–Crippen MR) is 104 cm³/mol. The molecule has 0 unspecified atom stereocenters. The Morgan fingerprint density at radius 2 is 1.89 bits per heavy atom. The monoisotopic (exact) mass is 367 g/mol. The van der Waals surface area contributed by atoms with E-state index in [0.717, 1.165) is 35.5 Å². The minimum absolute atomic E-state index is 0.169. The van der Waals surface area contributed by atoms with E-state index in [1.807, 2.05) is 51.1 Å². The number of hydrogen-bond acceptors (Lipinski definition) is 4. The van der Waals surface area contributed by atoms with Crippen molar-refractivity contribution < 1.29 is 19.1 Å². The third-order valence-corrected chi connectivity index (χ3v) is 4.65. The Morgan fingerprint density at radius 3 is 2.52 bits per heavy atom. The maximum Gasteiger partial charge on any atom is 0.331 e. The molecular weight excluding hydrogens is 342 g/mol. The van der Waals surface area contributed by atoms with Crippen LogP contribution in [-0.2, 0) is 9.53 Å². The Kier molecular flexibility index (Phi) is 5.79. The molecule has 1 heterocycles. The van der Waals surface area contributed by atoms with Crippen LogP contribution < -0.4 is 4.74 Å². The number of ether oxygens (including phenoxy) is 2. The van der Waals surface area contributed by atoms with Crippen LogP contribution in [0.5, 0.6) is 5.75 Å². The molecule has 5 nitrogen and oxygen atoms in total. The van der Waals surface area contributed by atoms with Crippen LogP contribution in [-0.4, -0.2) is 29.5 Å². The van der Waals surface area contributed by atoms with E-state index in [0.29, 0.717) is 18.2 Å². The highest BCUT2D eigenvalue weighted by molar-refractivity contribution is 6.00. The average molecular weight is 367 g/mol. The van der Waals surface area contributed by atoms with Crippen molar-refractivity contribution in [2.75, 3.05) is 13.2 Å². The second kappa shape index (κ2) is 8.25. The summed E-state index contributed by atoms with van der Waals surface area (Å²) in [6, 6.07) is 9.80. The molecule has 0 bridgehead atoms. The van der Waals surface area contributed by atoms with Gasteiger partial charge in [0, 0.05) is 29.1 Å². The molecule has 0 saturated heterocycles. The molecule has 1 saturated carbocycles. The van der Waals surface area contributed by atoms with Gasteiger partial charge in [-0.2, -0.15) is 0 Å². The number of aromatic nitrogens is 1. The van der Waals surface area contributed by atoms with Gasteiger partial charge in [0.1, 0.15) is 5.75 Å². The molecule has 0 radical (unpaired) electrons. The predicted octanol–water partition coefficient (Wildman–Crippen LogP) is 4.28. The highest BCUT2D eigenvalue weighted by Crippen LogP contribution is 2.38. The third-order valence-electron chi connectivity index (χ3n) is 4.65. The van der Waals surface area contributed by atoms with Gasteiger partial charge in [-0.15, -0.1) is 0 Å². The van der Waals surface area contributed by atoms with Crippen molar-refractivity contribution in [3.05, 3.63) is 58.9 Å². The van der Waals surface area contributed by atoms with Crippen LogP contribution in [0.25, 0.3) is 6.08 Å². The van der Waals surface area contributed by atoms with E-state index in [1.54, 1.807) is 6.08 Å². The Bertz CT molecular complexity index is 857. The fourth-order valence-corrected chi connectivity index (χ4v) is 3.22. The highest BCUT2D eigenvalue weighted by atomic mass is 16.5. The van der Waals surface area contributed by atoms with Crippen molar-refractivity contribution in [2.45, 2.75) is 39.7 Å².